The summed E-state index contributed by atoms with van der Waals surface area (Å²) in [6.07, 6.45) is 3.95. The predicted molar refractivity (Wildman–Crippen MR) is 97.4 cm³/mol. The van der Waals surface area contributed by atoms with Gasteiger partial charge in [0, 0.05) is 0 Å². The van der Waals surface area contributed by atoms with Gasteiger partial charge in [-0.25, -0.2) is 14.6 Å². The predicted octanol–water partition coefficient (Wildman–Crippen LogP) is 5.80. The van der Waals surface area contributed by atoms with Gasteiger partial charge >= 0.3 is 6.16 Å². The molecule has 0 aromatic heterocycles. The fourth-order valence-corrected chi connectivity index (χ4v) is 1.23. The van der Waals surface area contributed by atoms with E-state index in [0.29, 0.717) is 0 Å². The van der Waals surface area contributed by atoms with Gasteiger partial charge in [-0.05, 0) is 61.3 Å². The number of carbonyl (C=O) groups is 1. The van der Waals surface area contributed by atoms with Crippen LogP contribution in [-0.4, -0.2) is 33.7 Å². The monoisotopic (exact) mass is 367 g/mol. The van der Waals surface area contributed by atoms with Crippen molar-refractivity contribution in [2.24, 2.45) is 5.34 Å². The van der Waals surface area contributed by atoms with Crippen LogP contribution in [-0.2, 0) is 14.6 Å². The molecule has 0 saturated heterocycles. The first-order valence-corrected chi connectivity index (χ1v) is 8.52. The molecule has 25 heavy (non-hydrogen) atoms. The molecule has 0 heterocycles. The highest BCUT2D eigenvalue weighted by molar-refractivity contribution is 5.53. The van der Waals surface area contributed by atoms with Gasteiger partial charge in [-0.1, -0.05) is 26.2 Å². The van der Waals surface area contributed by atoms with Gasteiger partial charge in [0.1, 0.15) is 6.10 Å². The van der Waals surface area contributed by atoms with Crippen LogP contribution in [0.2, 0.25) is 0 Å². The number of carboxylic acid groups (broad SMARTS) is 2. The van der Waals surface area contributed by atoms with Crippen LogP contribution in [0.4, 0.5) is 4.79 Å². The summed E-state index contributed by atoms with van der Waals surface area (Å²) in [5, 5.41) is 16.3. The van der Waals surface area contributed by atoms with Gasteiger partial charge in [0.25, 0.3) is 0 Å². The van der Waals surface area contributed by atoms with E-state index in [1.807, 2.05) is 48.5 Å². The van der Waals surface area contributed by atoms with E-state index >= 15 is 0 Å². The molecule has 1 atom stereocenters. The Labute approximate surface area is 151 Å². The Morgan fingerprint density at radius 3 is 1.64 bits per heavy atom. The summed E-state index contributed by atoms with van der Waals surface area (Å²) in [5.74, 6) is 0. The maximum absolute atomic E-state index is 9.63. The van der Waals surface area contributed by atoms with Gasteiger partial charge in [0.15, 0.2) is 5.34 Å². The molecule has 0 aromatic rings. The summed E-state index contributed by atoms with van der Waals surface area (Å²) in [4.78, 5) is 32.9. The molecule has 0 rings (SSSR count). The summed E-state index contributed by atoms with van der Waals surface area (Å²) >= 11 is 0. The first-order chi connectivity index (χ1) is 11.2. The lowest BCUT2D eigenvalue weighted by molar-refractivity contribution is -0.393. The summed E-state index contributed by atoms with van der Waals surface area (Å²) in [6, 6.07) is 0. The Balaban J connectivity index is -0.000000321. The van der Waals surface area contributed by atoms with Crippen LogP contribution in [0.15, 0.2) is 5.34 Å². The highest BCUT2D eigenvalue weighted by Crippen LogP contribution is 2.14. The second-order valence-electron chi connectivity index (χ2n) is 7.51. The largest absolute Gasteiger partial charge is 0.503 e. The minimum Gasteiger partial charge on any atom is -0.450 e. The first-order valence-electron chi connectivity index (χ1n) is 8.52. The molecule has 0 aromatic carbocycles. The summed E-state index contributed by atoms with van der Waals surface area (Å²) < 4.78 is 0. The zero-order chi connectivity index (χ0) is 20.5. The molecule has 0 bridgehead atoms. The van der Waals surface area contributed by atoms with Gasteiger partial charge in [-0.2, -0.15) is 0 Å². The number of hydrogen-bond acceptors (Lipinski definition) is 6. The molecule has 0 saturated carbocycles. The zero-order valence-corrected chi connectivity index (χ0v) is 17.0. The highest BCUT2D eigenvalue weighted by atomic mass is 17.2. The van der Waals surface area contributed by atoms with Crippen LogP contribution in [0.3, 0.4) is 0 Å². The standard InChI is InChI=1S/C8H17NO2.C8H18O2.CH2O3/c1-3-4-5-6-7-8(2)11-9-10;1-7(2,3)9-10-8(4,5)6;2-1(3)4/h8H,3-7H2,1-2H3;1-6H3;(H2,2,3,4). The molecule has 0 aliphatic heterocycles. The molecule has 1 unspecified atom stereocenters. The van der Waals surface area contributed by atoms with E-state index in [2.05, 4.69) is 17.1 Å². The molecule has 8 nitrogen and oxygen atoms in total. The van der Waals surface area contributed by atoms with E-state index in [0.717, 1.165) is 12.8 Å². The summed E-state index contributed by atoms with van der Waals surface area (Å²) in [7, 11) is 0. The van der Waals surface area contributed by atoms with E-state index < -0.39 is 6.16 Å². The van der Waals surface area contributed by atoms with Gasteiger partial charge < -0.3 is 15.1 Å². The Morgan fingerprint density at radius 1 is 0.960 bits per heavy atom. The fourth-order valence-electron chi connectivity index (χ4n) is 1.23. The van der Waals surface area contributed by atoms with Crippen molar-refractivity contribution in [3.05, 3.63) is 4.91 Å². The van der Waals surface area contributed by atoms with Crippen molar-refractivity contribution in [2.45, 2.75) is 105 Å². The van der Waals surface area contributed by atoms with Crippen LogP contribution < -0.4 is 0 Å². The van der Waals surface area contributed by atoms with Crippen molar-refractivity contribution in [3.63, 3.8) is 0 Å². The van der Waals surface area contributed by atoms with Crippen LogP contribution in [0.25, 0.3) is 0 Å². The Morgan fingerprint density at radius 2 is 1.36 bits per heavy atom. The second-order valence-corrected chi connectivity index (χ2v) is 7.51. The molecule has 0 fully saturated rings. The van der Waals surface area contributed by atoms with Crippen molar-refractivity contribution < 1.29 is 29.6 Å². The maximum Gasteiger partial charge on any atom is 0.503 e. The molecule has 152 valence electrons. The van der Waals surface area contributed by atoms with Crippen molar-refractivity contribution >= 4 is 6.16 Å². The third-order valence-electron chi connectivity index (χ3n) is 2.23. The molecule has 2 N–H and O–H groups in total. The summed E-state index contributed by atoms with van der Waals surface area (Å²) in [5.41, 5.74) is -0.430. The van der Waals surface area contributed by atoms with Crippen molar-refractivity contribution in [2.75, 3.05) is 0 Å². The Kier molecular flexibility index (Phi) is 18.3. The molecule has 0 amide bonds. The lowest BCUT2D eigenvalue weighted by Crippen LogP contribution is -2.27. The third-order valence-corrected chi connectivity index (χ3v) is 2.23. The van der Waals surface area contributed by atoms with E-state index in [9.17, 15) is 4.91 Å². The number of nitrogens with zero attached hydrogens (tertiary/aromatic N) is 1. The molecule has 0 aliphatic rings. The number of hydrogen-bond donors (Lipinski definition) is 2. The van der Waals surface area contributed by atoms with Gasteiger partial charge in [0.05, 0.1) is 11.2 Å². The van der Waals surface area contributed by atoms with Crippen LogP contribution in [0, 0.1) is 4.91 Å². The lowest BCUT2D eigenvalue weighted by Gasteiger charge is -2.24. The number of unbranched alkanes of at least 4 members (excludes halogenated alkanes) is 3. The first kappa shape index (κ1) is 28.4. The molecular formula is C17H37NO7. The average Bonchev–Trinajstić information content (AvgIpc) is 2.41. The average molecular weight is 367 g/mol. The quantitative estimate of drug-likeness (QED) is 0.241. The minimum absolute atomic E-state index is 0.00986. The minimum atomic E-state index is -1.83. The fraction of sp³-hybridized carbons (Fsp3) is 0.941. The molecular weight excluding hydrogens is 330 g/mol. The van der Waals surface area contributed by atoms with E-state index in [-0.39, 0.29) is 17.3 Å². The molecule has 8 heteroatoms. The van der Waals surface area contributed by atoms with Crippen LogP contribution in [0.1, 0.15) is 87.5 Å². The normalized spacial score (nSPS) is 12.0. The van der Waals surface area contributed by atoms with Crippen LogP contribution in [0.5, 0.6) is 0 Å². The second kappa shape index (κ2) is 16.1. The zero-order valence-electron chi connectivity index (χ0n) is 17.0. The molecule has 0 spiro atoms. The molecule has 0 radical (unpaired) electrons. The van der Waals surface area contributed by atoms with Gasteiger partial charge in [0.2, 0.25) is 0 Å². The smallest absolute Gasteiger partial charge is 0.450 e. The van der Waals surface area contributed by atoms with Crippen molar-refractivity contribution in [3.8, 4) is 0 Å². The Bertz CT molecular complexity index is 304. The topological polar surface area (TPSA) is 115 Å². The van der Waals surface area contributed by atoms with E-state index in [4.69, 9.17) is 24.8 Å². The molecule has 0 aliphatic carbocycles. The highest BCUT2D eigenvalue weighted by Gasteiger charge is 2.18. The Hall–Kier alpha value is -1.41. The van der Waals surface area contributed by atoms with Crippen molar-refractivity contribution in [1.29, 1.82) is 0 Å². The number of rotatable bonds is 8. The van der Waals surface area contributed by atoms with Crippen molar-refractivity contribution in [1.82, 2.24) is 0 Å². The third kappa shape index (κ3) is 45.0. The van der Waals surface area contributed by atoms with Gasteiger partial charge in [-0.15, -0.1) is 4.91 Å². The van der Waals surface area contributed by atoms with E-state index in [1.54, 1.807) is 0 Å². The summed E-state index contributed by atoms with van der Waals surface area (Å²) in [6.45, 7) is 15.8. The van der Waals surface area contributed by atoms with Gasteiger partial charge in [-0.3, -0.25) is 0 Å². The lowest BCUT2D eigenvalue weighted by atomic mass is 10.1. The maximum atomic E-state index is 9.63. The van der Waals surface area contributed by atoms with E-state index in [1.165, 1.54) is 19.3 Å². The SMILES string of the molecule is CC(C)(C)OOC(C)(C)C.CCCCCCC(C)ON=O.O=C(O)O. The van der Waals surface area contributed by atoms with Crippen LogP contribution >= 0.6 is 0 Å².